The number of anilines is 1. The molecule has 8 nitrogen and oxygen atoms in total. The molecule has 0 radical (unpaired) electrons. The lowest BCUT2D eigenvalue weighted by Gasteiger charge is -2.06. The number of aliphatic carboxylic acids is 1. The number of carbonyl (C=O) groups excluding carboxylic acids is 1. The number of carbonyl (C=O) groups is 2. The lowest BCUT2D eigenvalue weighted by molar-refractivity contribution is -0.146. The van der Waals surface area contributed by atoms with Crippen LogP contribution in [-0.2, 0) is 11.2 Å². The first-order valence-electron chi connectivity index (χ1n) is 5.31. The van der Waals surface area contributed by atoms with Crippen LogP contribution in [-0.4, -0.2) is 45.1 Å². The van der Waals surface area contributed by atoms with E-state index in [0.29, 0.717) is 5.13 Å². The minimum atomic E-state index is -1.47. The van der Waals surface area contributed by atoms with Gasteiger partial charge in [0.15, 0.2) is 6.10 Å². The Balaban J connectivity index is 2.27. The molecular weight excluding hydrogens is 260 g/mol. The zero-order valence-electron chi connectivity index (χ0n) is 9.71. The first-order valence-corrected chi connectivity index (χ1v) is 6.12. The zero-order valence-corrected chi connectivity index (χ0v) is 10.5. The Bertz CT molecular complexity index is 422. The molecule has 1 atom stereocenters. The maximum atomic E-state index is 11.3. The molecule has 1 rings (SSSR count). The third-order valence-electron chi connectivity index (χ3n) is 1.98. The normalized spacial score (nSPS) is 11.9. The first-order chi connectivity index (χ1) is 8.52. The summed E-state index contributed by atoms with van der Waals surface area (Å²) in [4.78, 5) is 21.7. The first kappa shape index (κ1) is 14.3. The Morgan fingerprint density at radius 3 is 2.72 bits per heavy atom. The molecule has 0 spiro atoms. The van der Waals surface area contributed by atoms with Gasteiger partial charge < -0.3 is 15.5 Å². The summed E-state index contributed by atoms with van der Waals surface area (Å²) >= 11 is 1.27. The number of aliphatic hydroxyl groups is 1. The molecule has 1 aromatic heterocycles. The molecule has 100 valence electrons. The molecule has 0 saturated heterocycles. The molecule has 0 bridgehead atoms. The second kappa shape index (κ2) is 6.87. The lowest BCUT2D eigenvalue weighted by atomic mass is 10.2. The van der Waals surface area contributed by atoms with Crippen molar-refractivity contribution in [1.29, 1.82) is 0 Å². The van der Waals surface area contributed by atoms with E-state index in [2.05, 4.69) is 20.8 Å². The number of aliphatic hydroxyl groups excluding tert-OH is 1. The number of aromatic nitrogens is 2. The number of urea groups is 1. The van der Waals surface area contributed by atoms with Crippen LogP contribution >= 0.6 is 11.3 Å². The highest BCUT2D eigenvalue weighted by Crippen LogP contribution is 2.14. The van der Waals surface area contributed by atoms with Crippen LogP contribution in [0.3, 0.4) is 0 Å². The Morgan fingerprint density at radius 1 is 1.44 bits per heavy atom. The van der Waals surface area contributed by atoms with Gasteiger partial charge in [-0.15, -0.1) is 10.2 Å². The third-order valence-corrected chi connectivity index (χ3v) is 2.96. The molecule has 0 aromatic carbocycles. The summed E-state index contributed by atoms with van der Waals surface area (Å²) in [6, 6.07) is -0.508. The van der Waals surface area contributed by atoms with Crippen LogP contribution in [0.2, 0.25) is 0 Å². The van der Waals surface area contributed by atoms with Crippen LogP contribution in [0.1, 0.15) is 18.4 Å². The van der Waals surface area contributed by atoms with Gasteiger partial charge >= 0.3 is 12.0 Å². The number of carboxylic acids is 1. The zero-order chi connectivity index (χ0) is 13.5. The van der Waals surface area contributed by atoms with E-state index >= 15 is 0 Å². The topological polar surface area (TPSA) is 124 Å². The molecule has 18 heavy (non-hydrogen) atoms. The molecular formula is C9H14N4O4S. The molecule has 0 aliphatic heterocycles. The Labute approximate surface area is 107 Å². The predicted octanol–water partition coefficient (Wildman–Crippen LogP) is 0.0576. The van der Waals surface area contributed by atoms with E-state index in [1.165, 1.54) is 11.3 Å². The SMILES string of the molecule is CCc1nnc(NC(=O)NCC[C@H](O)C(=O)O)s1. The summed E-state index contributed by atoms with van der Waals surface area (Å²) in [5, 5.41) is 31.0. The maximum absolute atomic E-state index is 11.3. The fourth-order valence-electron chi connectivity index (χ4n) is 1.03. The molecule has 2 amide bonds. The number of aryl methyl sites for hydroxylation is 1. The Kier molecular flexibility index (Phi) is 5.46. The summed E-state index contributed by atoms with van der Waals surface area (Å²) in [6.45, 7) is 1.98. The fraction of sp³-hybridized carbons (Fsp3) is 0.556. The van der Waals surface area contributed by atoms with Gasteiger partial charge in [0.25, 0.3) is 0 Å². The van der Waals surface area contributed by atoms with Crippen LogP contribution in [0.15, 0.2) is 0 Å². The van der Waals surface area contributed by atoms with E-state index in [4.69, 9.17) is 10.2 Å². The maximum Gasteiger partial charge on any atom is 0.332 e. The highest BCUT2D eigenvalue weighted by molar-refractivity contribution is 7.15. The van der Waals surface area contributed by atoms with Crippen molar-refractivity contribution in [1.82, 2.24) is 15.5 Å². The number of carboxylic acid groups (broad SMARTS) is 1. The predicted molar refractivity (Wildman–Crippen MR) is 64.6 cm³/mol. The van der Waals surface area contributed by atoms with E-state index in [1.807, 2.05) is 6.92 Å². The summed E-state index contributed by atoms with van der Waals surface area (Å²) in [6.07, 6.45) is -0.788. The largest absolute Gasteiger partial charge is 0.479 e. The van der Waals surface area contributed by atoms with Crippen molar-refractivity contribution in [2.24, 2.45) is 0 Å². The van der Waals surface area contributed by atoms with Gasteiger partial charge in [0.05, 0.1) is 0 Å². The van der Waals surface area contributed by atoms with E-state index < -0.39 is 18.1 Å². The van der Waals surface area contributed by atoms with Crippen molar-refractivity contribution in [3.05, 3.63) is 5.01 Å². The van der Waals surface area contributed by atoms with E-state index in [0.717, 1.165) is 11.4 Å². The van der Waals surface area contributed by atoms with Gasteiger partial charge in [-0.2, -0.15) is 0 Å². The van der Waals surface area contributed by atoms with Crippen LogP contribution in [0, 0.1) is 0 Å². The van der Waals surface area contributed by atoms with Crippen molar-refractivity contribution < 1.29 is 19.8 Å². The summed E-state index contributed by atoms with van der Waals surface area (Å²) in [7, 11) is 0. The summed E-state index contributed by atoms with van der Waals surface area (Å²) < 4.78 is 0. The number of nitrogens with zero attached hydrogens (tertiary/aromatic N) is 2. The molecule has 4 N–H and O–H groups in total. The van der Waals surface area contributed by atoms with E-state index in [-0.39, 0.29) is 13.0 Å². The van der Waals surface area contributed by atoms with Gasteiger partial charge in [0.2, 0.25) is 5.13 Å². The van der Waals surface area contributed by atoms with Crippen LogP contribution in [0.4, 0.5) is 9.93 Å². The number of hydrogen-bond donors (Lipinski definition) is 4. The van der Waals surface area contributed by atoms with Gasteiger partial charge in [-0.25, -0.2) is 9.59 Å². The number of hydrogen-bond acceptors (Lipinski definition) is 6. The molecule has 0 aliphatic carbocycles. The fourth-order valence-corrected chi connectivity index (χ4v) is 1.71. The molecule has 0 aliphatic rings. The lowest BCUT2D eigenvalue weighted by Crippen LogP contribution is -2.33. The average molecular weight is 274 g/mol. The van der Waals surface area contributed by atoms with E-state index in [1.54, 1.807) is 0 Å². The second-order valence-corrected chi connectivity index (χ2v) is 4.44. The quantitative estimate of drug-likeness (QED) is 0.581. The molecule has 0 unspecified atom stereocenters. The molecule has 0 saturated carbocycles. The number of amides is 2. The van der Waals surface area contributed by atoms with Crippen molar-refractivity contribution in [3.63, 3.8) is 0 Å². The summed E-state index contributed by atoms with van der Waals surface area (Å²) in [5.74, 6) is -1.31. The molecule has 9 heteroatoms. The molecule has 1 aromatic rings. The van der Waals surface area contributed by atoms with Crippen LogP contribution in [0.5, 0.6) is 0 Å². The smallest absolute Gasteiger partial charge is 0.332 e. The van der Waals surface area contributed by atoms with Gasteiger partial charge in [-0.1, -0.05) is 18.3 Å². The average Bonchev–Trinajstić information content (AvgIpc) is 2.76. The Hall–Kier alpha value is -1.74. The van der Waals surface area contributed by atoms with Crippen LogP contribution < -0.4 is 10.6 Å². The van der Waals surface area contributed by atoms with Crippen molar-refractivity contribution >= 4 is 28.5 Å². The van der Waals surface area contributed by atoms with Crippen molar-refractivity contribution in [2.75, 3.05) is 11.9 Å². The van der Waals surface area contributed by atoms with Crippen LogP contribution in [0.25, 0.3) is 0 Å². The highest BCUT2D eigenvalue weighted by Gasteiger charge is 2.13. The van der Waals surface area contributed by atoms with Gasteiger partial charge in [-0.3, -0.25) is 5.32 Å². The second-order valence-electron chi connectivity index (χ2n) is 3.38. The van der Waals surface area contributed by atoms with Gasteiger partial charge in [-0.05, 0) is 6.42 Å². The van der Waals surface area contributed by atoms with E-state index in [9.17, 15) is 9.59 Å². The highest BCUT2D eigenvalue weighted by atomic mass is 32.1. The van der Waals surface area contributed by atoms with Crippen molar-refractivity contribution in [2.45, 2.75) is 25.9 Å². The Morgan fingerprint density at radius 2 is 2.17 bits per heavy atom. The minimum Gasteiger partial charge on any atom is -0.479 e. The summed E-state index contributed by atoms with van der Waals surface area (Å²) in [5.41, 5.74) is 0. The molecule has 0 fully saturated rings. The van der Waals surface area contributed by atoms with Gasteiger partial charge in [0.1, 0.15) is 5.01 Å². The standard InChI is InChI=1S/C9H14N4O4S/c1-2-6-12-13-9(18-6)11-8(17)10-4-3-5(14)7(15)16/h5,14H,2-4H2,1H3,(H,15,16)(H2,10,11,13,17)/t5-/m0/s1. The number of rotatable bonds is 6. The van der Waals surface area contributed by atoms with Crippen molar-refractivity contribution in [3.8, 4) is 0 Å². The molecule has 1 heterocycles. The third kappa shape index (κ3) is 4.63. The van der Waals surface area contributed by atoms with Gasteiger partial charge in [0, 0.05) is 13.0 Å². The number of nitrogens with one attached hydrogen (secondary N) is 2. The minimum absolute atomic E-state index is 0.0543. The monoisotopic (exact) mass is 274 g/mol.